The summed E-state index contributed by atoms with van der Waals surface area (Å²) >= 11 is 0. The van der Waals surface area contributed by atoms with Crippen molar-refractivity contribution >= 4 is 16.7 Å². The summed E-state index contributed by atoms with van der Waals surface area (Å²) in [6, 6.07) is 6.36. The molecule has 0 bridgehead atoms. The molecule has 0 radical (unpaired) electrons. The first-order chi connectivity index (χ1) is 12.7. The van der Waals surface area contributed by atoms with Crippen LogP contribution in [0, 0.1) is 0 Å². The number of nitrogens with zero attached hydrogens (tertiary/aromatic N) is 2. The summed E-state index contributed by atoms with van der Waals surface area (Å²) in [6.07, 6.45) is 8.88. The van der Waals surface area contributed by atoms with E-state index >= 15 is 0 Å². The molecule has 5 nitrogen and oxygen atoms in total. The van der Waals surface area contributed by atoms with Crippen molar-refractivity contribution in [3.8, 4) is 0 Å². The van der Waals surface area contributed by atoms with E-state index in [0.29, 0.717) is 11.3 Å². The zero-order chi connectivity index (χ0) is 18.1. The maximum atomic E-state index is 12.8. The minimum atomic E-state index is -0.168. The van der Waals surface area contributed by atoms with Crippen LogP contribution in [-0.2, 0) is 17.8 Å². The van der Waals surface area contributed by atoms with Crippen molar-refractivity contribution in [2.45, 2.75) is 76.8 Å². The van der Waals surface area contributed by atoms with Gasteiger partial charge in [0.1, 0.15) is 6.54 Å². The number of carbonyl (C=O) groups is 1. The third-order valence-corrected chi connectivity index (χ3v) is 5.71. The Balaban J connectivity index is 1.60. The highest BCUT2D eigenvalue weighted by atomic mass is 16.2. The molecule has 1 amide bonds. The molecule has 0 aliphatic heterocycles. The predicted octanol–water partition coefficient (Wildman–Crippen LogP) is 3.29. The summed E-state index contributed by atoms with van der Waals surface area (Å²) in [5, 5.41) is 9.21. The second-order valence-electron chi connectivity index (χ2n) is 7.74. The minimum absolute atomic E-state index is 0.00263. The standard InChI is InChI=1S/C21H27N3O2/c1-2-19-18-12-15(14-8-9-14)10-11-17(18)21(26)24(23-19)13-20(25)22-16-6-4-3-5-7-16/h10-12,14,16H,2-9,13H2,1H3,(H,22,25). The zero-order valence-corrected chi connectivity index (χ0v) is 15.5. The van der Waals surface area contributed by atoms with Gasteiger partial charge in [-0.3, -0.25) is 9.59 Å². The molecule has 2 aromatic rings. The second kappa shape index (κ2) is 7.22. The Morgan fingerprint density at radius 1 is 1.15 bits per heavy atom. The maximum absolute atomic E-state index is 12.8. The van der Waals surface area contributed by atoms with Gasteiger partial charge in [0, 0.05) is 11.4 Å². The number of aromatic nitrogens is 2. The lowest BCUT2D eigenvalue weighted by Crippen LogP contribution is -2.40. The van der Waals surface area contributed by atoms with Gasteiger partial charge in [-0.25, -0.2) is 4.68 Å². The molecule has 1 heterocycles. The number of hydrogen-bond donors (Lipinski definition) is 1. The predicted molar refractivity (Wildman–Crippen MR) is 102 cm³/mol. The molecule has 4 rings (SSSR count). The summed E-state index contributed by atoms with van der Waals surface area (Å²) < 4.78 is 1.34. The van der Waals surface area contributed by atoms with Crippen LogP contribution in [0.25, 0.3) is 10.8 Å². The van der Waals surface area contributed by atoms with Gasteiger partial charge in [-0.2, -0.15) is 5.10 Å². The van der Waals surface area contributed by atoms with E-state index in [9.17, 15) is 9.59 Å². The normalized spacial score (nSPS) is 18.2. The molecular formula is C21H27N3O2. The van der Waals surface area contributed by atoms with Gasteiger partial charge in [-0.1, -0.05) is 32.3 Å². The fourth-order valence-electron chi connectivity index (χ4n) is 4.07. The Morgan fingerprint density at radius 3 is 2.62 bits per heavy atom. The van der Waals surface area contributed by atoms with Crippen LogP contribution in [0.4, 0.5) is 0 Å². The quantitative estimate of drug-likeness (QED) is 0.897. The maximum Gasteiger partial charge on any atom is 0.275 e. The van der Waals surface area contributed by atoms with Crippen LogP contribution in [0.1, 0.15) is 69.0 Å². The number of fused-ring (bicyclic) bond motifs is 1. The van der Waals surface area contributed by atoms with Crippen LogP contribution in [-0.4, -0.2) is 21.7 Å². The number of rotatable bonds is 5. The second-order valence-corrected chi connectivity index (χ2v) is 7.74. The first-order valence-corrected chi connectivity index (χ1v) is 9.98. The molecule has 5 heteroatoms. The highest BCUT2D eigenvalue weighted by Gasteiger charge is 2.24. The number of carbonyl (C=O) groups excluding carboxylic acids is 1. The van der Waals surface area contributed by atoms with Crippen LogP contribution >= 0.6 is 0 Å². The minimum Gasteiger partial charge on any atom is -0.352 e. The van der Waals surface area contributed by atoms with Crippen molar-refractivity contribution in [3.63, 3.8) is 0 Å². The van der Waals surface area contributed by atoms with Crippen molar-refractivity contribution in [1.29, 1.82) is 0 Å². The van der Waals surface area contributed by atoms with Crippen molar-refractivity contribution in [1.82, 2.24) is 15.1 Å². The van der Waals surface area contributed by atoms with E-state index in [4.69, 9.17) is 0 Å². The summed E-state index contributed by atoms with van der Waals surface area (Å²) in [5.41, 5.74) is 2.03. The average Bonchev–Trinajstić information content (AvgIpc) is 3.49. The van der Waals surface area contributed by atoms with E-state index in [1.165, 1.54) is 42.3 Å². The van der Waals surface area contributed by atoms with Crippen molar-refractivity contribution < 1.29 is 4.79 Å². The number of benzene rings is 1. The monoisotopic (exact) mass is 353 g/mol. The van der Waals surface area contributed by atoms with Crippen LogP contribution in [0.3, 0.4) is 0 Å². The van der Waals surface area contributed by atoms with E-state index in [1.807, 2.05) is 13.0 Å². The molecule has 1 aromatic carbocycles. The topological polar surface area (TPSA) is 64.0 Å². The van der Waals surface area contributed by atoms with Crippen molar-refractivity contribution in [2.75, 3.05) is 0 Å². The molecule has 0 unspecified atom stereocenters. The van der Waals surface area contributed by atoms with Gasteiger partial charge in [0.15, 0.2) is 0 Å². The Labute approximate surface area is 153 Å². The Hall–Kier alpha value is -2.17. The molecular weight excluding hydrogens is 326 g/mol. The fraction of sp³-hybridized carbons (Fsp3) is 0.571. The smallest absolute Gasteiger partial charge is 0.275 e. The molecule has 2 saturated carbocycles. The van der Waals surface area contributed by atoms with E-state index in [2.05, 4.69) is 22.5 Å². The molecule has 0 atom stereocenters. The lowest BCUT2D eigenvalue weighted by molar-refractivity contribution is -0.122. The van der Waals surface area contributed by atoms with Crippen molar-refractivity contribution in [2.24, 2.45) is 0 Å². The summed E-state index contributed by atoms with van der Waals surface area (Å²) in [4.78, 5) is 25.3. The molecule has 0 spiro atoms. The number of nitrogens with one attached hydrogen (secondary N) is 1. The largest absolute Gasteiger partial charge is 0.352 e. The molecule has 1 N–H and O–H groups in total. The van der Waals surface area contributed by atoms with Gasteiger partial charge < -0.3 is 5.32 Å². The summed E-state index contributed by atoms with van der Waals surface area (Å²) in [7, 11) is 0. The van der Waals surface area contributed by atoms with Gasteiger partial charge in [-0.05, 0) is 55.7 Å². The molecule has 138 valence electrons. The Bertz CT molecular complexity index is 877. The van der Waals surface area contributed by atoms with E-state index < -0.39 is 0 Å². The Kier molecular flexibility index (Phi) is 4.79. The SMILES string of the molecule is CCc1nn(CC(=O)NC2CCCCC2)c(=O)c2ccc(C3CC3)cc12. The summed E-state index contributed by atoms with van der Waals surface area (Å²) in [5.74, 6) is 0.537. The number of amides is 1. The van der Waals surface area contributed by atoms with Gasteiger partial charge in [0.2, 0.25) is 5.91 Å². The molecule has 1 aromatic heterocycles. The lowest BCUT2D eigenvalue weighted by Gasteiger charge is -2.22. The lowest BCUT2D eigenvalue weighted by atomic mass is 9.95. The van der Waals surface area contributed by atoms with E-state index in [-0.39, 0.29) is 24.1 Å². The molecule has 2 aliphatic carbocycles. The molecule has 2 fully saturated rings. The first-order valence-electron chi connectivity index (χ1n) is 9.98. The number of hydrogen-bond acceptors (Lipinski definition) is 3. The third-order valence-electron chi connectivity index (χ3n) is 5.71. The van der Waals surface area contributed by atoms with Crippen LogP contribution in [0.2, 0.25) is 0 Å². The molecule has 26 heavy (non-hydrogen) atoms. The fourth-order valence-corrected chi connectivity index (χ4v) is 4.07. The highest BCUT2D eigenvalue weighted by Crippen LogP contribution is 2.40. The molecule has 0 saturated heterocycles. The van der Waals surface area contributed by atoms with Gasteiger partial charge in [0.25, 0.3) is 5.56 Å². The van der Waals surface area contributed by atoms with Gasteiger partial charge in [0.05, 0.1) is 11.1 Å². The highest BCUT2D eigenvalue weighted by molar-refractivity contribution is 5.85. The van der Waals surface area contributed by atoms with Crippen LogP contribution in [0.15, 0.2) is 23.0 Å². The van der Waals surface area contributed by atoms with Gasteiger partial charge >= 0.3 is 0 Å². The number of aryl methyl sites for hydroxylation is 1. The third kappa shape index (κ3) is 3.53. The van der Waals surface area contributed by atoms with Crippen LogP contribution in [0.5, 0.6) is 0 Å². The van der Waals surface area contributed by atoms with E-state index in [1.54, 1.807) is 0 Å². The van der Waals surface area contributed by atoms with Crippen molar-refractivity contribution in [3.05, 3.63) is 39.8 Å². The summed E-state index contributed by atoms with van der Waals surface area (Å²) in [6.45, 7) is 2.05. The van der Waals surface area contributed by atoms with E-state index in [0.717, 1.165) is 30.3 Å². The zero-order valence-electron chi connectivity index (χ0n) is 15.5. The molecule has 2 aliphatic rings. The average molecular weight is 353 g/mol. The van der Waals surface area contributed by atoms with Gasteiger partial charge in [-0.15, -0.1) is 0 Å². The first kappa shape index (κ1) is 17.3. The van der Waals surface area contributed by atoms with Crippen LogP contribution < -0.4 is 10.9 Å². The Morgan fingerprint density at radius 2 is 1.92 bits per heavy atom.